The second-order valence-corrected chi connectivity index (χ2v) is 7.02. The average Bonchev–Trinajstić information content (AvgIpc) is 2.93. The first-order valence-corrected chi connectivity index (χ1v) is 8.60. The SMILES string of the molecule is O=C(Nc1ccc2sccc2c1)C1(c2cccc(F)c2)CCC1. The fraction of sp³-hybridized carbons (Fsp3) is 0.211. The number of carbonyl (C=O) groups excluding carboxylic acids is 1. The number of hydrogen-bond acceptors (Lipinski definition) is 2. The molecule has 3 aromatic rings. The van der Waals surface area contributed by atoms with Crippen LogP contribution in [0.2, 0.25) is 0 Å². The first kappa shape index (κ1) is 14.4. The van der Waals surface area contributed by atoms with Gasteiger partial charge >= 0.3 is 0 Å². The molecule has 0 radical (unpaired) electrons. The summed E-state index contributed by atoms with van der Waals surface area (Å²) in [4.78, 5) is 12.9. The van der Waals surface area contributed by atoms with Gasteiger partial charge in [0, 0.05) is 10.4 Å². The smallest absolute Gasteiger partial charge is 0.235 e. The minimum atomic E-state index is -0.592. The van der Waals surface area contributed by atoms with Crippen LogP contribution in [0.3, 0.4) is 0 Å². The van der Waals surface area contributed by atoms with Crippen LogP contribution in [0.1, 0.15) is 24.8 Å². The van der Waals surface area contributed by atoms with Crippen LogP contribution in [0.5, 0.6) is 0 Å². The topological polar surface area (TPSA) is 29.1 Å². The third-order valence-corrected chi connectivity index (χ3v) is 5.63. The summed E-state index contributed by atoms with van der Waals surface area (Å²) in [6.45, 7) is 0. The molecule has 0 bridgehead atoms. The highest BCUT2D eigenvalue weighted by Crippen LogP contribution is 2.44. The van der Waals surface area contributed by atoms with E-state index in [0.29, 0.717) is 0 Å². The monoisotopic (exact) mass is 325 g/mol. The Kier molecular flexibility index (Phi) is 3.42. The largest absolute Gasteiger partial charge is 0.325 e. The van der Waals surface area contributed by atoms with Gasteiger partial charge in [0.05, 0.1) is 5.41 Å². The van der Waals surface area contributed by atoms with Gasteiger partial charge in [0.15, 0.2) is 0 Å². The van der Waals surface area contributed by atoms with Crippen molar-refractivity contribution in [2.45, 2.75) is 24.7 Å². The van der Waals surface area contributed by atoms with Crippen molar-refractivity contribution in [3.8, 4) is 0 Å². The highest BCUT2D eigenvalue weighted by Gasteiger charge is 2.45. The zero-order chi connectivity index (χ0) is 15.9. The van der Waals surface area contributed by atoms with E-state index in [0.717, 1.165) is 35.9 Å². The van der Waals surface area contributed by atoms with E-state index in [4.69, 9.17) is 0 Å². The summed E-state index contributed by atoms with van der Waals surface area (Å²) in [6.07, 6.45) is 2.53. The van der Waals surface area contributed by atoms with Gasteiger partial charge in [-0.25, -0.2) is 4.39 Å². The van der Waals surface area contributed by atoms with Gasteiger partial charge in [-0.3, -0.25) is 4.79 Å². The van der Waals surface area contributed by atoms with Crippen molar-refractivity contribution >= 4 is 33.0 Å². The molecule has 1 aliphatic carbocycles. The maximum Gasteiger partial charge on any atom is 0.235 e. The molecular formula is C19H16FNOS. The standard InChI is InChI=1S/C19H16FNOS/c20-15-4-1-3-14(12-15)19(8-2-9-19)18(22)21-16-5-6-17-13(11-16)7-10-23-17/h1,3-7,10-12H,2,8-9H2,(H,21,22). The molecule has 2 aromatic carbocycles. The third kappa shape index (κ3) is 2.43. The molecule has 4 rings (SSSR count). The van der Waals surface area contributed by atoms with Gasteiger partial charge in [-0.15, -0.1) is 11.3 Å². The zero-order valence-electron chi connectivity index (χ0n) is 12.5. The molecule has 1 heterocycles. The van der Waals surface area contributed by atoms with Gasteiger partial charge in [0.1, 0.15) is 5.82 Å². The van der Waals surface area contributed by atoms with E-state index in [9.17, 15) is 9.18 Å². The van der Waals surface area contributed by atoms with Crippen LogP contribution >= 0.6 is 11.3 Å². The van der Waals surface area contributed by atoms with E-state index in [1.807, 2.05) is 35.7 Å². The van der Waals surface area contributed by atoms with Crippen LogP contribution in [-0.4, -0.2) is 5.91 Å². The predicted octanol–water partition coefficient (Wildman–Crippen LogP) is 5.10. The van der Waals surface area contributed by atoms with E-state index in [1.165, 1.54) is 16.8 Å². The molecule has 0 aliphatic heterocycles. The molecule has 1 aromatic heterocycles. The van der Waals surface area contributed by atoms with Gasteiger partial charge < -0.3 is 5.32 Å². The van der Waals surface area contributed by atoms with Crippen LogP contribution in [0.25, 0.3) is 10.1 Å². The summed E-state index contributed by atoms with van der Waals surface area (Å²) in [5, 5.41) is 6.19. The molecule has 4 heteroatoms. The van der Waals surface area contributed by atoms with Gasteiger partial charge in [0.25, 0.3) is 0 Å². The summed E-state index contributed by atoms with van der Waals surface area (Å²) >= 11 is 1.68. The number of anilines is 1. The summed E-state index contributed by atoms with van der Waals surface area (Å²) in [6, 6.07) is 14.4. The van der Waals surface area contributed by atoms with Gasteiger partial charge in [-0.2, -0.15) is 0 Å². The average molecular weight is 325 g/mol. The maximum atomic E-state index is 13.6. The van der Waals surface area contributed by atoms with E-state index >= 15 is 0 Å². The summed E-state index contributed by atoms with van der Waals surface area (Å²) in [7, 11) is 0. The van der Waals surface area contributed by atoms with Crippen LogP contribution < -0.4 is 5.32 Å². The van der Waals surface area contributed by atoms with E-state index in [2.05, 4.69) is 5.32 Å². The number of halogens is 1. The van der Waals surface area contributed by atoms with Gasteiger partial charge in [-0.05, 0) is 65.6 Å². The first-order chi connectivity index (χ1) is 11.2. The van der Waals surface area contributed by atoms with Crippen LogP contribution in [0.15, 0.2) is 53.9 Å². The minimum absolute atomic E-state index is 0.0380. The molecule has 1 aliphatic rings. The number of carbonyl (C=O) groups is 1. The number of thiophene rings is 1. The number of nitrogens with one attached hydrogen (secondary N) is 1. The van der Waals surface area contributed by atoms with Crippen molar-refractivity contribution in [3.05, 3.63) is 65.3 Å². The highest BCUT2D eigenvalue weighted by molar-refractivity contribution is 7.17. The van der Waals surface area contributed by atoms with Crippen molar-refractivity contribution in [3.63, 3.8) is 0 Å². The molecule has 1 saturated carbocycles. The Bertz CT molecular complexity index is 882. The molecule has 116 valence electrons. The van der Waals surface area contributed by atoms with Crippen molar-refractivity contribution in [1.29, 1.82) is 0 Å². The second-order valence-electron chi connectivity index (χ2n) is 6.07. The Morgan fingerprint density at radius 1 is 1.13 bits per heavy atom. The summed E-state index contributed by atoms with van der Waals surface area (Å²) < 4.78 is 14.8. The lowest BCUT2D eigenvalue weighted by Gasteiger charge is -2.40. The third-order valence-electron chi connectivity index (χ3n) is 4.73. The van der Waals surface area contributed by atoms with Crippen molar-refractivity contribution in [2.75, 3.05) is 5.32 Å². The molecule has 1 amide bonds. The predicted molar refractivity (Wildman–Crippen MR) is 92.4 cm³/mol. The van der Waals surface area contributed by atoms with E-state index < -0.39 is 5.41 Å². The molecule has 0 saturated heterocycles. The Morgan fingerprint density at radius 3 is 2.74 bits per heavy atom. The van der Waals surface area contributed by atoms with Crippen molar-refractivity contribution in [1.82, 2.24) is 0 Å². The highest BCUT2D eigenvalue weighted by atomic mass is 32.1. The normalized spacial score (nSPS) is 16.0. The zero-order valence-corrected chi connectivity index (χ0v) is 13.3. The van der Waals surface area contributed by atoms with Crippen LogP contribution in [-0.2, 0) is 10.2 Å². The Balaban J connectivity index is 1.64. The first-order valence-electron chi connectivity index (χ1n) is 7.72. The molecule has 1 fully saturated rings. The molecule has 0 atom stereocenters. The number of amides is 1. The molecule has 0 spiro atoms. The summed E-state index contributed by atoms with van der Waals surface area (Å²) in [5.74, 6) is -0.329. The molecule has 23 heavy (non-hydrogen) atoms. The number of benzene rings is 2. The lowest BCUT2D eigenvalue weighted by atomic mass is 9.63. The Morgan fingerprint density at radius 2 is 2.00 bits per heavy atom. The van der Waals surface area contributed by atoms with Gasteiger partial charge in [0.2, 0.25) is 5.91 Å². The van der Waals surface area contributed by atoms with Crippen molar-refractivity contribution in [2.24, 2.45) is 0 Å². The molecular weight excluding hydrogens is 309 g/mol. The van der Waals surface area contributed by atoms with E-state index in [-0.39, 0.29) is 11.7 Å². The minimum Gasteiger partial charge on any atom is -0.325 e. The Hall–Kier alpha value is -2.20. The lowest BCUT2D eigenvalue weighted by Crippen LogP contribution is -2.46. The quantitative estimate of drug-likeness (QED) is 0.713. The number of hydrogen-bond donors (Lipinski definition) is 1. The molecule has 1 N–H and O–H groups in total. The summed E-state index contributed by atoms with van der Waals surface area (Å²) in [5.41, 5.74) is 0.979. The lowest BCUT2D eigenvalue weighted by molar-refractivity contribution is -0.124. The van der Waals surface area contributed by atoms with Crippen molar-refractivity contribution < 1.29 is 9.18 Å². The Labute approximate surface area is 138 Å². The van der Waals surface area contributed by atoms with Crippen LogP contribution in [0, 0.1) is 5.82 Å². The number of rotatable bonds is 3. The molecule has 2 nitrogen and oxygen atoms in total. The van der Waals surface area contributed by atoms with E-state index in [1.54, 1.807) is 17.4 Å². The number of fused-ring (bicyclic) bond motifs is 1. The molecule has 0 unspecified atom stereocenters. The fourth-order valence-corrected chi connectivity index (χ4v) is 4.03. The van der Waals surface area contributed by atoms with Crippen LogP contribution in [0.4, 0.5) is 10.1 Å². The second kappa shape index (κ2) is 5.46. The van der Waals surface area contributed by atoms with Gasteiger partial charge in [-0.1, -0.05) is 18.6 Å². The fourth-order valence-electron chi connectivity index (χ4n) is 3.26. The maximum absolute atomic E-state index is 13.6.